The third kappa shape index (κ3) is 4.60. The summed E-state index contributed by atoms with van der Waals surface area (Å²) in [5.41, 5.74) is 1.17. The van der Waals surface area contributed by atoms with Crippen LogP contribution in [-0.4, -0.2) is 21.4 Å². The van der Waals surface area contributed by atoms with E-state index in [9.17, 15) is 13.2 Å². The highest BCUT2D eigenvalue weighted by Crippen LogP contribution is 2.26. The summed E-state index contributed by atoms with van der Waals surface area (Å²) in [5.74, 6) is -0.117. The van der Waals surface area contributed by atoms with E-state index in [1.165, 1.54) is 18.2 Å². The molecule has 0 saturated heterocycles. The molecule has 0 aliphatic heterocycles. The van der Waals surface area contributed by atoms with Gasteiger partial charge in [0.1, 0.15) is 0 Å². The average Bonchev–Trinajstić information content (AvgIpc) is 2.51. The molecule has 0 aliphatic carbocycles. The molecule has 23 heavy (non-hydrogen) atoms. The van der Waals surface area contributed by atoms with Crippen LogP contribution in [-0.2, 0) is 21.2 Å². The Balaban J connectivity index is 2.17. The third-order valence-corrected chi connectivity index (χ3v) is 5.17. The fourth-order valence-electron chi connectivity index (χ4n) is 1.82. The molecule has 0 unspecified atom stereocenters. The number of halogens is 2. The number of sulfonamides is 1. The summed E-state index contributed by atoms with van der Waals surface area (Å²) < 4.78 is 27.0. The van der Waals surface area contributed by atoms with Gasteiger partial charge in [0.25, 0.3) is 10.0 Å². The Bertz CT molecular complexity index is 821. The predicted octanol–water partition coefficient (Wildman–Crippen LogP) is 3.08. The predicted molar refractivity (Wildman–Crippen MR) is 91.5 cm³/mol. The number of rotatable bonds is 5. The van der Waals surface area contributed by atoms with Crippen molar-refractivity contribution in [3.63, 3.8) is 0 Å². The van der Waals surface area contributed by atoms with E-state index < -0.39 is 10.0 Å². The van der Waals surface area contributed by atoms with Crippen LogP contribution in [0.5, 0.6) is 0 Å². The first-order valence-corrected chi connectivity index (χ1v) is 8.83. The van der Waals surface area contributed by atoms with Crippen molar-refractivity contribution in [1.82, 2.24) is 5.32 Å². The van der Waals surface area contributed by atoms with Crippen LogP contribution < -0.4 is 10.0 Å². The summed E-state index contributed by atoms with van der Waals surface area (Å²) in [4.78, 5) is 11.3. The average molecular weight is 373 g/mol. The third-order valence-electron chi connectivity index (χ3n) is 3.05. The first-order chi connectivity index (χ1) is 10.8. The molecule has 1 amide bonds. The molecule has 0 saturated carbocycles. The van der Waals surface area contributed by atoms with Crippen LogP contribution in [0.25, 0.3) is 0 Å². The van der Waals surface area contributed by atoms with E-state index in [1.807, 2.05) is 0 Å². The smallest absolute Gasteiger partial charge is 0.261 e. The van der Waals surface area contributed by atoms with Gasteiger partial charge in [0.15, 0.2) is 0 Å². The van der Waals surface area contributed by atoms with Crippen LogP contribution in [0.1, 0.15) is 5.56 Å². The normalized spacial score (nSPS) is 11.1. The van der Waals surface area contributed by atoms with E-state index in [-0.39, 0.29) is 27.3 Å². The summed E-state index contributed by atoms with van der Waals surface area (Å²) in [5, 5.41) is 2.97. The Morgan fingerprint density at radius 3 is 2.26 bits per heavy atom. The number of likely N-dealkylation sites (N-methyl/N-ethyl adjacent to an activating group) is 1. The molecule has 0 atom stereocenters. The fraction of sp³-hybridized carbons (Fsp3) is 0.133. The lowest BCUT2D eigenvalue weighted by Crippen LogP contribution is -2.19. The van der Waals surface area contributed by atoms with Gasteiger partial charge >= 0.3 is 0 Å². The molecule has 5 nitrogen and oxygen atoms in total. The molecule has 8 heteroatoms. The van der Waals surface area contributed by atoms with Crippen LogP contribution in [0.4, 0.5) is 5.69 Å². The van der Waals surface area contributed by atoms with Crippen molar-refractivity contribution in [3.8, 4) is 0 Å². The van der Waals surface area contributed by atoms with Crippen LogP contribution in [0.15, 0.2) is 47.4 Å². The van der Waals surface area contributed by atoms with Gasteiger partial charge in [-0.1, -0.05) is 35.3 Å². The summed E-state index contributed by atoms with van der Waals surface area (Å²) in [6.45, 7) is 0. The maximum absolute atomic E-state index is 12.3. The van der Waals surface area contributed by atoms with E-state index in [4.69, 9.17) is 23.2 Å². The van der Waals surface area contributed by atoms with Crippen molar-refractivity contribution in [2.75, 3.05) is 11.8 Å². The molecular weight excluding hydrogens is 359 g/mol. The second-order valence-electron chi connectivity index (χ2n) is 4.73. The molecule has 0 spiro atoms. The molecule has 2 aromatic carbocycles. The molecule has 2 rings (SSSR count). The van der Waals surface area contributed by atoms with Crippen LogP contribution in [0.2, 0.25) is 10.0 Å². The van der Waals surface area contributed by atoms with Gasteiger partial charge in [0.05, 0.1) is 21.4 Å². The zero-order valence-electron chi connectivity index (χ0n) is 12.1. The lowest BCUT2D eigenvalue weighted by atomic mass is 10.1. The van der Waals surface area contributed by atoms with E-state index in [0.717, 1.165) is 5.56 Å². The number of carbonyl (C=O) groups excluding carboxylic acids is 1. The number of amides is 1. The van der Waals surface area contributed by atoms with Crippen LogP contribution >= 0.6 is 23.2 Å². The van der Waals surface area contributed by atoms with Gasteiger partial charge in [0, 0.05) is 12.7 Å². The topological polar surface area (TPSA) is 75.3 Å². The number of hydrogen-bond donors (Lipinski definition) is 2. The Morgan fingerprint density at radius 2 is 1.70 bits per heavy atom. The van der Waals surface area contributed by atoms with Gasteiger partial charge in [-0.3, -0.25) is 9.52 Å². The van der Waals surface area contributed by atoms with Gasteiger partial charge in [-0.2, -0.15) is 0 Å². The maximum atomic E-state index is 12.3. The molecule has 2 N–H and O–H groups in total. The summed E-state index contributed by atoms with van der Waals surface area (Å²) in [6, 6.07) is 10.6. The Hall–Kier alpha value is -1.76. The van der Waals surface area contributed by atoms with Crippen molar-refractivity contribution in [2.24, 2.45) is 0 Å². The minimum Gasteiger partial charge on any atom is -0.359 e. The maximum Gasteiger partial charge on any atom is 0.261 e. The Kier molecular flexibility index (Phi) is 5.51. The van der Waals surface area contributed by atoms with E-state index >= 15 is 0 Å². The van der Waals surface area contributed by atoms with E-state index in [1.54, 1.807) is 31.3 Å². The molecule has 0 aromatic heterocycles. The van der Waals surface area contributed by atoms with E-state index in [0.29, 0.717) is 5.69 Å². The molecule has 0 radical (unpaired) electrons. The monoisotopic (exact) mass is 372 g/mol. The second kappa shape index (κ2) is 7.21. The zero-order valence-corrected chi connectivity index (χ0v) is 14.5. The SMILES string of the molecule is CNC(=O)Cc1ccc(NS(=O)(=O)c2ccc(Cl)c(Cl)c2)cc1. The lowest BCUT2D eigenvalue weighted by molar-refractivity contribution is -0.119. The summed E-state index contributed by atoms with van der Waals surface area (Å²) in [7, 11) is -2.21. The van der Waals surface area contributed by atoms with Gasteiger partial charge in [0.2, 0.25) is 5.91 Å². The van der Waals surface area contributed by atoms with Crippen molar-refractivity contribution >= 4 is 44.8 Å². The zero-order chi connectivity index (χ0) is 17.0. The van der Waals surface area contributed by atoms with Crippen molar-refractivity contribution in [1.29, 1.82) is 0 Å². The Morgan fingerprint density at radius 1 is 1.04 bits per heavy atom. The number of hydrogen-bond acceptors (Lipinski definition) is 3. The van der Waals surface area contributed by atoms with Crippen LogP contribution in [0.3, 0.4) is 0 Å². The highest BCUT2D eigenvalue weighted by molar-refractivity contribution is 7.92. The fourth-order valence-corrected chi connectivity index (χ4v) is 3.27. The van der Waals surface area contributed by atoms with E-state index in [2.05, 4.69) is 10.0 Å². The lowest BCUT2D eigenvalue weighted by Gasteiger charge is -2.09. The Labute approximate surface area is 144 Å². The van der Waals surface area contributed by atoms with Gasteiger partial charge in [-0.25, -0.2) is 8.42 Å². The van der Waals surface area contributed by atoms with Gasteiger partial charge in [-0.05, 0) is 35.9 Å². The number of nitrogens with one attached hydrogen (secondary N) is 2. The summed E-state index contributed by atoms with van der Waals surface area (Å²) >= 11 is 11.6. The number of benzene rings is 2. The molecule has 0 fully saturated rings. The number of anilines is 1. The van der Waals surface area contributed by atoms with Crippen molar-refractivity contribution in [3.05, 3.63) is 58.1 Å². The molecule has 122 valence electrons. The molecule has 0 bridgehead atoms. The molecular formula is C15H14Cl2N2O3S. The first kappa shape index (κ1) is 17.6. The molecule has 0 aliphatic rings. The van der Waals surface area contributed by atoms with Gasteiger partial charge in [-0.15, -0.1) is 0 Å². The highest BCUT2D eigenvalue weighted by Gasteiger charge is 2.15. The quantitative estimate of drug-likeness (QED) is 0.846. The largest absolute Gasteiger partial charge is 0.359 e. The van der Waals surface area contributed by atoms with Crippen molar-refractivity contribution in [2.45, 2.75) is 11.3 Å². The number of carbonyl (C=O) groups is 1. The van der Waals surface area contributed by atoms with Gasteiger partial charge < -0.3 is 5.32 Å². The standard InChI is InChI=1S/C15H14Cl2N2O3S/c1-18-15(20)8-10-2-4-11(5-3-10)19-23(21,22)12-6-7-13(16)14(17)9-12/h2-7,9,19H,8H2,1H3,(H,18,20). The minimum atomic E-state index is -3.77. The molecule has 0 heterocycles. The minimum absolute atomic E-state index is 0.0151. The summed E-state index contributed by atoms with van der Waals surface area (Å²) in [6.07, 6.45) is 0.232. The first-order valence-electron chi connectivity index (χ1n) is 6.59. The second-order valence-corrected chi connectivity index (χ2v) is 7.23. The van der Waals surface area contributed by atoms with Crippen LogP contribution in [0, 0.1) is 0 Å². The highest BCUT2D eigenvalue weighted by atomic mass is 35.5. The van der Waals surface area contributed by atoms with Crippen molar-refractivity contribution < 1.29 is 13.2 Å². The molecule has 2 aromatic rings.